The number of rotatable bonds is 9. The molecular formula is C40H71I3NO14-. The summed E-state index contributed by atoms with van der Waals surface area (Å²) in [6.07, 6.45) is -9.68. The number of halogens is 3. The number of hydrogen-bond donors (Lipinski definition) is 4. The average molecular weight is 1170 g/mol. The molecule has 15 nitrogen and oxygen atoms in total. The van der Waals surface area contributed by atoms with E-state index in [0.717, 1.165) is 0 Å². The molecule has 0 bridgehead atoms. The second kappa shape index (κ2) is 23.4. The number of carbonyl (C=O) groups is 3. The van der Waals surface area contributed by atoms with Crippen molar-refractivity contribution >= 4 is 55.0 Å². The van der Waals surface area contributed by atoms with Gasteiger partial charge in [-0.3, -0.25) is 14.4 Å². The molecule has 58 heavy (non-hydrogen) atoms. The molecule has 3 aliphatic heterocycles. The van der Waals surface area contributed by atoms with Gasteiger partial charge in [-0.25, -0.2) is 0 Å². The van der Waals surface area contributed by atoms with Crippen LogP contribution in [0.3, 0.4) is 0 Å². The van der Waals surface area contributed by atoms with Gasteiger partial charge in [-0.15, -0.1) is 0 Å². The van der Waals surface area contributed by atoms with Gasteiger partial charge in [0.1, 0.15) is 23.6 Å². The molecule has 3 aliphatic rings. The summed E-state index contributed by atoms with van der Waals surface area (Å²) in [5.41, 5.74) is -4.92. The Kier molecular flexibility index (Phi) is 22.0. The van der Waals surface area contributed by atoms with Gasteiger partial charge < -0.3 is 58.5 Å². The van der Waals surface area contributed by atoms with E-state index in [4.69, 9.17) is 33.2 Å². The number of aliphatic hydroxyl groups is 4. The molecule has 0 aromatic heterocycles. The Morgan fingerprint density at radius 1 is 0.914 bits per heavy atom. The molecule has 0 saturated carbocycles. The zero-order chi connectivity index (χ0) is 44.7. The van der Waals surface area contributed by atoms with Crippen molar-refractivity contribution in [1.29, 1.82) is 0 Å². The van der Waals surface area contributed by atoms with E-state index in [0.29, 0.717) is 19.7 Å². The first-order valence-electron chi connectivity index (χ1n) is 20.2. The molecule has 0 radical (unpaired) electrons. The third kappa shape index (κ3) is 13.5. The number of aliphatic hydroxyl groups excluding tert-OH is 2. The van der Waals surface area contributed by atoms with Crippen molar-refractivity contribution in [2.24, 2.45) is 23.7 Å². The molecule has 3 heterocycles. The van der Waals surface area contributed by atoms with E-state index in [2.05, 4.69) is 37.2 Å². The van der Waals surface area contributed by atoms with E-state index < -0.39 is 114 Å². The van der Waals surface area contributed by atoms with Crippen LogP contribution in [0, 0.1) is 23.7 Å². The number of cyclic esters (lactones) is 1. The van der Waals surface area contributed by atoms with Gasteiger partial charge in [-0.05, 0) is 74.9 Å². The van der Waals surface area contributed by atoms with Gasteiger partial charge in [0.25, 0.3) is 0 Å². The van der Waals surface area contributed by atoms with E-state index >= 15 is 0 Å². The Hall–Kier alpha value is 0.400. The van der Waals surface area contributed by atoms with E-state index in [-0.39, 0.29) is 37.8 Å². The van der Waals surface area contributed by atoms with Crippen molar-refractivity contribution < 1.29 is 81.2 Å². The third-order valence-electron chi connectivity index (χ3n) is 12.4. The Morgan fingerprint density at radius 3 is 2.02 bits per heavy atom. The maximum absolute atomic E-state index is 14.2. The summed E-state index contributed by atoms with van der Waals surface area (Å²) in [6.45, 7) is 18.0. The van der Waals surface area contributed by atoms with Crippen LogP contribution in [0.15, 0.2) is 0 Å². The Labute approximate surface area is 375 Å². The van der Waals surface area contributed by atoms with Gasteiger partial charge in [-0.2, -0.15) is 0 Å². The number of hydrogen-bond acceptors (Lipinski definition) is 15. The summed E-state index contributed by atoms with van der Waals surface area (Å²) in [6, 6.07) is -0.319. The number of nitrogens with zero attached hydrogens (tertiary/aromatic N) is 1. The Balaban J connectivity index is 0.00000374. The van der Waals surface area contributed by atoms with Crippen LogP contribution in [0.2, 0.25) is 0 Å². The standard InChI is InChI=1S/C40H71NO14.I3/c1-15-27-40(11,48)33(44)22(5)30(43)20(3)18-38(9,47)35(55-37-32(53-28(42)16-2)26(41(12)13)17-21(4)50-37)23(6)31(24(7)36(46)52-27)54-29-19-39(10,49-14)34(45)25(8)51-29;1-3-2/h20-27,29,31-35,37,44-45,47-48H,15-19H2,1-14H3;/q;-1/t20-,21?,22?,23?,24-,25?,26?,27-,29?,31+,32?,33-,34?,35-,37?,38-,39?,40-;/m1./s1. The van der Waals surface area contributed by atoms with Crippen molar-refractivity contribution in [3.8, 4) is 0 Å². The van der Waals surface area contributed by atoms with Crippen LogP contribution in [0.1, 0.15) is 108 Å². The molecule has 0 amide bonds. The Morgan fingerprint density at radius 2 is 1.50 bits per heavy atom. The van der Waals surface area contributed by atoms with Gasteiger partial charge in [0.2, 0.25) is 0 Å². The summed E-state index contributed by atoms with van der Waals surface area (Å²) in [7, 11) is 5.21. The van der Waals surface area contributed by atoms with Gasteiger partial charge >= 0.3 is 62.4 Å². The summed E-state index contributed by atoms with van der Waals surface area (Å²) in [5, 5.41) is 46.6. The number of likely N-dealkylation sites (N-methyl/N-ethyl adjacent to an activating group) is 1. The maximum atomic E-state index is 14.2. The van der Waals surface area contributed by atoms with E-state index in [1.54, 1.807) is 48.5 Å². The number of esters is 2. The fourth-order valence-electron chi connectivity index (χ4n) is 8.76. The molecule has 0 aliphatic carbocycles. The topological polar surface area (TPSA) is 200 Å². The van der Waals surface area contributed by atoms with Crippen LogP contribution in [0.4, 0.5) is 0 Å². The molecule has 4 N–H and O–H groups in total. The first kappa shape index (κ1) is 54.5. The zero-order valence-corrected chi connectivity index (χ0v) is 43.1. The summed E-state index contributed by atoms with van der Waals surface area (Å²) in [4.78, 5) is 42.9. The molecule has 18 heteroatoms. The number of ketones is 1. The second-order valence-corrected chi connectivity index (χ2v) is 33.6. The number of ether oxygens (including phenoxy) is 7. The van der Waals surface area contributed by atoms with Crippen molar-refractivity contribution in [2.45, 2.75) is 193 Å². The second-order valence-electron chi connectivity index (χ2n) is 17.3. The molecule has 342 valence electrons. The molecule has 10 unspecified atom stereocenters. The molecule has 3 saturated heterocycles. The van der Waals surface area contributed by atoms with Crippen molar-refractivity contribution in [3.63, 3.8) is 0 Å². The minimum atomic E-state index is -2.01. The predicted octanol–water partition coefficient (Wildman–Crippen LogP) is 1.52. The number of carbonyl (C=O) groups excluding carboxylic acids is 3. The quantitative estimate of drug-likeness (QED) is 0.191. The summed E-state index contributed by atoms with van der Waals surface area (Å²) < 4.78 is 43.6. The van der Waals surface area contributed by atoms with Crippen LogP contribution in [-0.4, -0.2) is 149 Å². The minimum absolute atomic E-state index is 0.0760. The molecule has 3 fully saturated rings. The molecule has 0 aromatic rings. The zero-order valence-electron chi connectivity index (χ0n) is 36.6. The van der Waals surface area contributed by atoms with E-state index in [9.17, 15) is 34.8 Å². The van der Waals surface area contributed by atoms with E-state index in [1.165, 1.54) is 27.9 Å². The third-order valence-corrected chi connectivity index (χ3v) is 12.4. The first-order chi connectivity index (χ1) is 26.8. The van der Waals surface area contributed by atoms with Gasteiger partial charge in [0, 0.05) is 37.7 Å². The fourth-order valence-corrected chi connectivity index (χ4v) is 8.76. The van der Waals surface area contributed by atoms with Crippen LogP contribution in [0.25, 0.3) is 0 Å². The van der Waals surface area contributed by atoms with E-state index in [1.807, 2.05) is 25.9 Å². The molecule has 18 atom stereocenters. The Bertz CT molecular complexity index is 1330. The monoisotopic (exact) mass is 1170 g/mol. The van der Waals surface area contributed by atoms with Crippen LogP contribution in [0.5, 0.6) is 0 Å². The van der Waals surface area contributed by atoms with Gasteiger partial charge in [-0.1, -0.05) is 34.6 Å². The molecular weight excluding hydrogens is 1100 g/mol. The first-order valence-corrected chi connectivity index (χ1v) is 32.8. The normalized spacial score (nSPS) is 44.8. The molecule has 3 rings (SSSR count). The fraction of sp³-hybridized carbons (Fsp3) is 0.925. The molecule has 0 aromatic carbocycles. The van der Waals surface area contributed by atoms with Gasteiger partial charge in [0.05, 0.1) is 53.7 Å². The predicted molar refractivity (Wildman–Crippen MR) is 228 cm³/mol. The van der Waals surface area contributed by atoms with Crippen LogP contribution < -0.4 is 13.3 Å². The summed E-state index contributed by atoms with van der Waals surface area (Å²) in [5.74, 6) is -5.59. The van der Waals surface area contributed by atoms with Crippen molar-refractivity contribution in [3.05, 3.63) is 0 Å². The van der Waals surface area contributed by atoms with Crippen molar-refractivity contribution in [1.82, 2.24) is 4.90 Å². The number of Topliss-reactive ketones (excluding diaryl/α,β-unsaturated/α-hetero) is 1. The average Bonchev–Trinajstić information content (AvgIpc) is 3.15. The van der Waals surface area contributed by atoms with Crippen LogP contribution >= 0.6 is 37.2 Å². The van der Waals surface area contributed by atoms with Gasteiger partial charge in [0.15, 0.2) is 18.7 Å². The summed E-state index contributed by atoms with van der Waals surface area (Å²) >= 11 is 5.30. The van der Waals surface area contributed by atoms with Crippen molar-refractivity contribution in [2.75, 3.05) is 21.2 Å². The number of methoxy groups -OCH3 is 1. The van der Waals surface area contributed by atoms with Crippen LogP contribution in [-0.2, 0) is 47.5 Å². The molecule has 0 spiro atoms. The SMILES string of the molecule is CCC(=O)OC1C(O[C@@H]2C(C)[C@H](OC3CC(C)(OC)C(O)C(C)O3)[C@@H](C)C(=O)O[C@H](CC)[C@@](C)(O)[C@H](O)C(C)C(=O)[C@H](C)C[C@@]2(C)O)OC(C)CC1N(C)C.I[I-]I.